The van der Waals surface area contributed by atoms with Crippen molar-refractivity contribution in [1.82, 2.24) is 19.7 Å². The van der Waals surface area contributed by atoms with Crippen LogP contribution in [-0.4, -0.2) is 25.7 Å². The Morgan fingerprint density at radius 1 is 1.18 bits per heavy atom. The molecule has 176 valence electrons. The first-order valence-corrected chi connectivity index (χ1v) is 13.4. The van der Waals surface area contributed by atoms with Crippen LogP contribution >= 0.6 is 23.1 Å². The summed E-state index contributed by atoms with van der Waals surface area (Å²) < 4.78 is 7.89. The highest BCUT2D eigenvalue weighted by Crippen LogP contribution is 2.36. The van der Waals surface area contributed by atoms with Crippen LogP contribution in [0.1, 0.15) is 54.4 Å². The van der Waals surface area contributed by atoms with Gasteiger partial charge in [0.25, 0.3) is 0 Å². The highest BCUT2D eigenvalue weighted by Gasteiger charge is 2.25. The molecule has 1 aliphatic rings. The van der Waals surface area contributed by atoms with Gasteiger partial charge < -0.3 is 9.73 Å². The van der Waals surface area contributed by atoms with E-state index >= 15 is 0 Å². The zero-order valence-electron chi connectivity index (χ0n) is 19.1. The van der Waals surface area contributed by atoms with Gasteiger partial charge in [-0.15, -0.1) is 21.5 Å². The third kappa shape index (κ3) is 5.26. The van der Waals surface area contributed by atoms with Crippen molar-refractivity contribution in [2.75, 3.05) is 5.32 Å². The lowest BCUT2D eigenvalue weighted by Crippen LogP contribution is -2.15. The van der Waals surface area contributed by atoms with Gasteiger partial charge in [0, 0.05) is 22.9 Å². The van der Waals surface area contributed by atoms with Crippen LogP contribution in [0.5, 0.6) is 0 Å². The average Bonchev–Trinajstić information content (AvgIpc) is 3.61. The summed E-state index contributed by atoms with van der Waals surface area (Å²) in [6, 6.07) is 12.0. The van der Waals surface area contributed by atoms with Gasteiger partial charge in [0.05, 0.1) is 18.4 Å². The number of benzene rings is 1. The number of rotatable bonds is 8. The van der Waals surface area contributed by atoms with Crippen LogP contribution in [0.2, 0.25) is 0 Å². The molecular weight excluding hydrogens is 466 g/mol. The second kappa shape index (κ2) is 10.6. The van der Waals surface area contributed by atoms with E-state index in [0.29, 0.717) is 11.8 Å². The number of aromatic nitrogens is 4. The van der Waals surface area contributed by atoms with Gasteiger partial charge in [-0.05, 0) is 43.5 Å². The Bertz CT molecular complexity index is 1240. The molecule has 0 bridgehead atoms. The molecule has 9 heteroatoms. The first kappa shape index (κ1) is 22.9. The molecule has 5 rings (SSSR count). The first-order valence-electron chi connectivity index (χ1n) is 11.6. The highest BCUT2D eigenvalue weighted by molar-refractivity contribution is 7.98. The number of thiazole rings is 1. The molecule has 0 aliphatic heterocycles. The number of amides is 1. The van der Waals surface area contributed by atoms with Crippen molar-refractivity contribution in [2.24, 2.45) is 0 Å². The monoisotopic (exact) mass is 493 g/mol. The normalized spacial score (nSPS) is 14.4. The minimum atomic E-state index is -0.0528. The molecule has 0 atom stereocenters. The molecular formula is C25H27N5O2S2. The Hall–Kier alpha value is -2.91. The van der Waals surface area contributed by atoms with Crippen LogP contribution in [-0.2, 0) is 17.0 Å². The SMILES string of the molecule is Cc1ccccc1NC(=O)Cc1nc(CSc2nnc(-c3ccco3)n2C2CCCCC2)cs1. The molecule has 1 aliphatic carbocycles. The van der Waals surface area contributed by atoms with Gasteiger partial charge >= 0.3 is 0 Å². The fraction of sp³-hybridized carbons (Fsp3) is 0.360. The Balaban J connectivity index is 1.25. The van der Waals surface area contributed by atoms with Gasteiger partial charge in [0.15, 0.2) is 10.9 Å². The highest BCUT2D eigenvalue weighted by atomic mass is 32.2. The summed E-state index contributed by atoms with van der Waals surface area (Å²) in [5.41, 5.74) is 2.84. The summed E-state index contributed by atoms with van der Waals surface area (Å²) in [4.78, 5) is 17.2. The van der Waals surface area contributed by atoms with Crippen molar-refractivity contribution in [3.63, 3.8) is 0 Å². The van der Waals surface area contributed by atoms with Crippen molar-refractivity contribution < 1.29 is 9.21 Å². The molecule has 0 spiro atoms. The summed E-state index contributed by atoms with van der Waals surface area (Å²) in [7, 11) is 0. The van der Waals surface area contributed by atoms with Crippen molar-refractivity contribution in [3.05, 3.63) is 64.3 Å². The largest absolute Gasteiger partial charge is 0.461 e. The van der Waals surface area contributed by atoms with E-state index < -0.39 is 0 Å². The number of carbonyl (C=O) groups excluding carboxylic acids is 1. The number of hydrogen-bond acceptors (Lipinski definition) is 7. The van der Waals surface area contributed by atoms with Gasteiger partial charge in [0.2, 0.25) is 11.7 Å². The minimum Gasteiger partial charge on any atom is -0.461 e. The van der Waals surface area contributed by atoms with Gasteiger partial charge in [-0.3, -0.25) is 9.36 Å². The summed E-state index contributed by atoms with van der Waals surface area (Å²) >= 11 is 3.16. The topological polar surface area (TPSA) is 85.8 Å². The van der Waals surface area contributed by atoms with Crippen molar-refractivity contribution in [2.45, 2.75) is 62.4 Å². The Morgan fingerprint density at radius 2 is 2.03 bits per heavy atom. The smallest absolute Gasteiger partial charge is 0.231 e. The van der Waals surface area contributed by atoms with Gasteiger partial charge in [-0.1, -0.05) is 49.2 Å². The van der Waals surface area contributed by atoms with Crippen LogP contribution in [0.3, 0.4) is 0 Å². The van der Waals surface area contributed by atoms with Crippen molar-refractivity contribution >= 4 is 34.7 Å². The fourth-order valence-corrected chi connectivity index (χ4v) is 6.09. The lowest BCUT2D eigenvalue weighted by atomic mass is 9.95. The van der Waals surface area contributed by atoms with Gasteiger partial charge in [-0.2, -0.15) is 0 Å². The maximum Gasteiger partial charge on any atom is 0.231 e. The maximum atomic E-state index is 12.5. The summed E-state index contributed by atoms with van der Waals surface area (Å²) in [5, 5.41) is 15.7. The van der Waals surface area contributed by atoms with Crippen molar-refractivity contribution in [1.29, 1.82) is 0 Å². The predicted molar refractivity (Wildman–Crippen MR) is 135 cm³/mol. The molecule has 1 amide bonds. The molecule has 3 heterocycles. The number of nitrogens with one attached hydrogen (secondary N) is 1. The lowest BCUT2D eigenvalue weighted by molar-refractivity contribution is -0.115. The molecule has 1 fully saturated rings. The molecule has 1 aromatic carbocycles. The van der Waals surface area contributed by atoms with E-state index in [1.54, 1.807) is 18.0 Å². The number of carbonyl (C=O) groups is 1. The van der Waals surface area contributed by atoms with E-state index in [0.717, 1.165) is 51.5 Å². The van der Waals surface area contributed by atoms with E-state index in [1.165, 1.54) is 30.6 Å². The lowest BCUT2D eigenvalue weighted by Gasteiger charge is -2.25. The third-order valence-electron chi connectivity index (χ3n) is 6.03. The standard InChI is InChI=1S/C25H27N5O2S2/c1-17-8-5-6-11-20(17)27-22(31)14-23-26-18(15-33-23)16-34-25-29-28-24(21-12-7-13-32-21)30(25)19-9-3-2-4-10-19/h5-8,11-13,15,19H,2-4,9-10,14,16H2,1H3,(H,27,31). The zero-order valence-corrected chi connectivity index (χ0v) is 20.7. The van der Waals surface area contributed by atoms with Crippen LogP contribution in [0.4, 0.5) is 5.69 Å². The van der Waals surface area contributed by atoms with Crippen LogP contribution in [0.25, 0.3) is 11.6 Å². The maximum absolute atomic E-state index is 12.5. The second-order valence-corrected chi connectivity index (χ2v) is 10.4. The van der Waals surface area contributed by atoms with E-state index in [2.05, 4.69) is 25.1 Å². The molecule has 3 aromatic heterocycles. The zero-order chi connectivity index (χ0) is 23.3. The average molecular weight is 494 g/mol. The summed E-state index contributed by atoms with van der Waals surface area (Å²) in [5.74, 6) is 2.17. The quantitative estimate of drug-likeness (QED) is 0.291. The van der Waals surface area contributed by atoms with Crippen molar-refractivity contribution in [3.8, 4) is 11.6 Å². The van der Waals surface area contributed by atoms with E-state index in [9.17, 15) is 4.79 Å². The molecule has 4 aromatic rings. The molecule has 0 saturated heterocycles. The summed E-state index contributed by atoms with van der Waals surface area (Å²) in [6.45, 7) is 1.98. The fourth-order valence-electron chi connectivity index (χ4n) is 4.30. The molecule has 1 N–H and O–H groups in total. The van der Waals surface area contributed by atoms with Crippen LogP contribution in [0.15, 0.2) is 57.6 Å². The van der Waals surface area contributed by atoms with Crippen LogP contribution in [0, 0.1) is 6.92 Å². The number of nitrogens with zero attached hydrogens (tertiary/aromatic N) is 4. The molecule has 34 heavy (non-hydrogen) atoms. The molecule has 7 nitrogen and oxygen atoms in total. The number of aryl methyl sites for hydroxylation is 1. The predicted octanol–water partition coefficient (Wildman–Crippen LogP) is 6.28. The second-order valence-electron chi connectivity index (χ2n) is 8.51. The van der Waals surface area contributed by atoms with Gasteiger partial charge in [0.1, 0.15) is 5.01 Å². The number of furan rings is 1. The number of thioether (sulfide) groups is 1. The van der Waals surface area contributed by atoms with Gasteiger partial charge in [-0.25, -0.2) is 4.98 Å². The first-order chi connectivity index (χ1) is 16.7. The van der Waals surface area contributed by atoms with Crippen LogP contribution < -0.4 is 5.32 Å². The molecule has 0 unspecified atom stereocenters. The number of para-hydroxylation sites is 1. The Morgan fingerprint density at radius 3 is 2.82 bits per heavy atom. The molecule has 0 radical (unpaired) electrons. The van der Waals surface area contributed by atoms with E-state index in [1.807, 2.05) is 48.7 Å². The summed E-state index contributed by atoms with van der Waals surface area (Å²) in [6.07, 6.45) is 7.95. The van der Waals surface area contributed by atoms with E-state index in [4.69, 9.17) is 4.42 Å². The number of anilines is 1. The minimum absolute atomic E-state index is 0.0528. The Kier molecular flexibility index (Phi) is 7.10. The Labute approximate surface area is 207 Å². The van der Waals surface area contributed by atoms with E-state index in [-0.39, 0.29) is 12.3 Å². The molecule has 1 saturated carbocycles. The number of hydrogen-bond donors (Lipinski definition) is 1. The third-order valence-corrected chi connectivity index (χ3v) is 7.90.